The molecule has 52 heavy (non-hydrogen) atoms. The smallest absolute Gasteiger partial charge is 0.253 e. The summed E-state index contributed by atoms with van der Waals surface area (Å²) in [6.07, 6.45) is 6.49. The Balaban J connectivity index is 1.10. The molecule has 3 aromatic rings. The van der Waals surface area contributed by atoms with Crippen molar-refractivity contribution in [1.29, 1.82) is 0 Å². The predicted octanol–water partition coefficient (Wildman–Crippen LogP) is 5.20. The summed E-state index contributed by atoms with van der Waals surface area (Å²) in [5.41, 5.74) is 4.33. The predicted molar refractivity (Wildman–Crippen MR) is 199 cm³/mol. The fourth-order valence-corrected chi connectivity index (χ4v) is 7.50. The Bertz CT molecular complexity index is 1830. The summed E-state index contributed by atoms with van der Waals surface area (Å²) in [6.45, 7) is 6.70. The van der Waals surface area contributed by atoms with Crippen LogP contribution in [0.4, 0.5) is 20.2 Å². The van der Waals surface area contributed by atoms with Crippen LogP contribution in [-0.4, -0.2) is 80.4 Å². The molecule has 1 atom stereocenters. The van der Waals surface area contributed by atoms with E-state index in [9.17, 15) is 19.2 Å². The number of Topliss-reactive ketones (excluding diaryl/α,β-unsaturated/α-hetero) is 1. The highest BCUT2D eigenvalue weighted by molar-refractivity contribution is 5.83. The fraction of sp³-hybridized carbons (Fsp3) is 0.500. The van der Waals surface area contributed by atoms with E-state index in [-0.39, 0.29) is 41.3 Å². The van der Waals surface area contributed by atoms with Crippen LogP contribution in [0.2, 0.25) is 0 Å². The molecule has 2 aromatic carbocycles. The molecule has 0 saturated carbocycles. The number of hydrogen-bond donors (Lipinski definition) is 2. The number of nitrogens with one attached hydrogen (secondary N) is 2. The van der Waals surface area contributed by atoms with Crippen molar-refractivity contribution in [3.8, 4) is 16.9 Å². The summed E-state index contributed by atoms with van der Waals surface area (Å²) in [5.74, 6) is -0.00707. The first-order chi connectivity index (χ1) is 24.9. The highest BCUT2D eigenvalue weighted by atomic mass is 19.1. The number of hydrogen-bond acceptors (Lipinski definition) is 8. The van der Waals surface area contributed by atoms with Gasteiger partial charge >= 0.3 is 0 Å². The number of ketones is 1. The van der Waals surface area contributed by atoms with Crippen LogP contribution in [0.1, 0.15) is 55.2 Å². The first-order valence-electron chi connectivity index (χ1n) is 18.2. The molecule has 2 N–H and O–H groups in total. The number of likely N-dealkylation sites (tertiary alicyclic amines) is 1. The molecule has 1 amide bonds. The summed E-state index contributed by atoms with van der Waals surface area (Å²) in [5, 5.41) is 5.51. The van der Waals surface area contributed by atoms with Gasteiger partial charge in [0.1, 0.15) is 29.5 Å². The van der Waals surface area contributed by atoms with Gasteiger partial charge in [-0.1, -0.05) is 0 Å². The Morgan fingerprint density at radius 2 is 1.71 bits per heavy atom. The lowest BCUT2D eigenvalue weighted by Gasteiger charge is -2.35. The SMILES string of the molecule is CNC(=O)CCC(C=O)Nc1ccc(N2CCC(C(=O)CN3CCC(Cc4c(F)cc(-c5cn(C)c(=O)c(C)c5C)cc4OC)CC3)CC2)c(F)c1. The highest BCUT2D eigenvalue weighted by Gasteiger charge is 2.30. The molecule has 1 aromatic heterocycles. The topological polar surface area (TPSA) is 113 Å². The molecule has 12 heteroatoms. The van der Waals surface area contributed by atoms with E-state index in [1.165, 1.54) is 23.7 Å². The molecule has 2 saturated heterocycles. The van der Waals surface area contributed by atoms with Gasteiger partial charge in [-0.05, 0) is 113 Å². The van der Waals surface area contributed by atoms with E-state index >= 15 is 8.78 Å². The maximum atomic E-state index is 15.6. The Morgan fingerprint density at radius 1 is 1.00 bits per heavy atom. The van der Waals surface area contributed by atoms with Gasteiger partial charge in [0, 0.05) is 68.1 Å². The van der Waals surface area contributed by atoms with Crippen LogP contribution in [0.5, 0.6) is 5.75 Å². The van der Waals surface area contributed by atoms with Crippen molar-refractivity contribution in [2.24, 2.45) is 18.9 Å². The van der Waals surface area contributed by atoms with Gasteiger partial charge in [-0.3, -0.25) is 19.3 Å². The lowest BCUT2D eigenvalue weighted by molar-refractivity contribution is -0.125. The minimum Gasteiger partial charge on any atom is -0.496 e. The van der Waals surface area contributed by atoms with Gasteiger partial charge in [0.15, 0.2) is 0 Å². The number of aryl methyl sites for hydroxylation is 1. The molecular weight excluding hydrogens is 668 g/mol. The van der Waals surface area contributed by atoms with Gasteiger partial charge in [-0.2, -0.15) is 0 Å². The van der Waals surface area contributed by atoms with Gasteiger partial charge in [-0.15, -0.1) is 0 Å². The molecule has 10 nitrogen and oxygen atoms in total. The van der Waals surface area contributed by atoms with Crippen LogP contribution in [0, 0.1) is 37.3 Å². The van der Waals surface area contributed by atoms with Crippen molar-refractivity contribution in [1.82, 2.24) is 14.8 Å². The Labute approximate surface area is 304 Å². The third kappa shape index (κ3) is 9.07. The van der Waals surface area contributed by atoms with Crippen LogP contribution >= 0.6 is 0 Å². The van der Waals surface area contributed by atoms with Crippen LogP contribution in [0.15, 0.2) is 41.3 Å². The van der Waals surface area contributed by atoms with Crippen molar-refractivity contribution in [2.75, 3.05) is 57.1 Å². The quantitative estimate of drug-likeness (QED) is 0.219. The number of amides is 1. The van der Waals surface area contributed by atoms with Crippen LogP contribution < -0.4 is 25.8 Å². The number of aromatic nitrogens is 1. The zero-order chi connectivity index (χ0) is 37.5. The van der Waals surface area contributed by atoms with E-state index in [2.05, 4.69) is 15.5 Å². The number of ether oxygens (including phenoxy) is 1. The van der Waals surface area contributed by atoms with Crippen molar-refractivity contribution >= 4 is 29.4 Å². The monoisotopic (exact) mass is 719 g/mol. The summed E-state index contributed by atoms with van der Waals surface area (Å²) >= 11 is 0. The molecule has 2 aliphatic rings. The third-order valence-corrected chi connectivity index (χ3v) is 10.9. The van der Waals surface area contributed by atoms with Crippen LogP contribution in [0.25, 0.3) is 11.1 Å². The Hall–Kier alpha value is -4.58. The maximum absolute atomic E-state index is 15.6. The van der Waals surface area contributed by atoms with Gasteiger partial charge in [-0.25, -0.2) is 8.78 Å². The second-order valence-electron chi connectivity index (χ2n) is 14.3. The number of carbonyl (C=O) groups is 3. The van der Waals surface area contributed by atoms with E-state index in [4.69, 9.17) is 4.74 Å². The fourth-order valence-electron chi connectivity index (χ4n) is 7.50. The van der Waals surface area contributed by atoms with Crippen molar-refractivity contribution in [3.05, 3.63) is 75.2 Å². The molecule has 2 aliphatic heterocycles. The standard InChI is InChI=1S/C40H51F2N5O5/c1-25-26(2)40(51)45(4)22-33(25)29-19-34(41)32(38(20-29)52-5)18-27-10-14-46(15-11-27)23-37(49)28-12-16-47(17-13-28)36-8-6-30(21-35(36)42)44-31(24-48)7-9-39(50)43-3/h6,8,19-22,24,27-28,31,44H,7,9-18,23H2,1-5H3,(H,43,50). The second kappa shape index (κ2) is 17.3. The van der Waals surface area contributed by atoms with E-state index in [0.717, 1.165) is 43.3 Å². The summed E-state index contributed by atoms with van der Waals surface area (Å²) in [6, 6.07) is 7.57. The van der Waals surface area contributed by atoms with Gasteiger partial charge < -0.3 is 29.6 Å². The van der Waals surface area contributed by atoms with E-state index < -0.39 is 11.9 Å². The number of methoxy groups -OCH3 is 1. The number of benzene rings is 2. The zero-order valence-electron chi connectivity index (χ0n) is 30.9. The zero-order valence-corrected chi connectivity index (χ0v) is 30.9. The summed E-state index contributed by atoms with van der Waals surface area (Å²) in [4.78, 5) is 52.8. The van der Waals surface area contributed by atoms with Crippen molar-refractivity contribution in [3.63, 3.8) is 0 Å². The van der Waals surface area contributed by atoms with Crippen molar-refractivity contribution < 1.29 is 27.9 Å². The lowest BCUT2D eigenvalue weighted by Crippen LogP contribution is -2.42. The summed E-state index contributed by atoms with van der Waals surface area (Å²) in [7, 11) is 4.78. The number of nitrogens with zero attached hydrogens (tertiary/aromatic N) is 3. The number of halogens is 2. The highest BCUT2D eigenvalue weighted by Crippen LogP contribution is 2.35. The van der Waals surface area contributed by atoms with Gasteiger partial charge in [0.05, 0.1) is 25.4 Å². The second-order valence-corrected chi connectivity index (χ2v) is 14.3. The minimum atomic E-state index is -0.603. The van der Waals surface area contributed by atoms with E-state index in [1.807, 2.05) is 17.9 Å². The van der Waals surface area contributed by atoms with E-state index in [0.29, 0.717) is 79.1 Å². The minimum absolute atomic E-state index is 0.0723. The maximum Gasteiger partial charge on any atom is 0.253 e. The molecule has 280 valence electrons. The van der Waals surface area contributed by atoms with Crippen LogP contribution in [-0.2, 0) is 27.9 Å². The molecule has 0 aliphatic carbocycles. The number of pyridine rings is 1. The number of piperidine rings is 2. The Morgan fingerprint density at radius 3 is 2.35 bits per heavy atom. The number of anilines is 2. The molecule has 1 unspecified atom stereocenters. The third-order valence-electron chi connectivity index (χ3n) is 10.9. The lowest BCUT2D eigenvalue weighted by atomic mass is 9.87. The molecule has 0 spiro atoms. The number of rotatable bonds is 14. The average Bonchev–Trinajstić information content (AvgIpc) is 3.15. The van der Waals surface area contributed by atoms with E-state index in [1.54, 1.807) is 39.4 Å². The number of aldehydes is 1. The first-order valence-corrected chi connectivity index (χ1v) is 18.2. The molecule has 5 rings (SSSR count). The van der Waals surface area contributed by atoms with Gasteiger partial charge in [0.2, 0.25) is 5.91 Å². The normalized spacial score (nSPS) is 16.4. The molecule has 0 bridgehead atoms. The van der Waals surface area contributed by atoms with Crippen LogP contribution in [0.3, 0.4) is 0 Å². The molecule has 3 heterocycles. The molecule has 0 radical (unpaired) electrons. The molecule has 2 fully saturated rings. The average molecular weight is 720 g/mol. The van der Waals surface area contributed by atoms with Crippen molar-refractivity contribution in [2.45, 2.75) is 64.8 Å². The Kier molecular flexibility index (Phi) is 12.9. The first kappa shape index (κ1) is 38.6. The van der Waals surface area contributed by atoms with Gasteiger partial charge in [0.25, 0.3) is 5.56 Å². The largest absolute Gasteiger partial charge is 0.496 e. The summed E-state index contributed by atoms with van der Waals surface area (Å²) < 4.78 is 38.0. The number of carbonyl (C=O) groups excluding carboxylic acids is 3. The molecular formula is C40H51F2N5O5.